The number of likely N-dealkylation sites (tertiary alicyclic amines) is 1. The first-order valence-corrected chi connectivity index (χ1v) is 12.9. The van der Waals surface area contributed by atoms with E-state index in [1.165, 1.54) is 11.0 Å². The quantitative estimate of drug-likeness (QED) is 0.380. The summed E-state index contributed by atoms with van der Waals surface area (Å²) in [5.74, 6) is -2.10. The number of para-hydroxylation sites is 1. The molecule has 3 N–H and O–H groups in total. The Labute approximate surface area is 231 Å². The second-order valence-corrected chi connectivity index (χ2v) is 10.7. The van der Waals surface area contributed by atoms with Crippen LogP contribution in [0.5, 0.6) is 11.5 Å². The van der Waals surface area contributed by atoms with Gasteiger partial charge in [-0.2, -0.15) is 0 Å². The summed E-state index contributed by atoms with van der Waals surface area (Å²) >= 11 is 6.52. The molecule has 0 aliphatic carbocycles. The highest BCUT2D eigenvalue weighted by Crippen LogP contribution is 2.33. The van der Waals surface area contributed by atoms with Crippen molar-refractivity contribution in [3.8, 4) is 11.5 Å². The minimum atomic E-state index is -1.24. The van der Waals surface area contributed by atoms with Crippen LogP contribution in [0.15, 0.2) is 48.5 Å². The molecule has 0 spiro atoms. The van der Waals surface area contributed by atoms with Crippen molar-refractivity contribution in [2.75, 3.05) is 6.54 Å². The fraction of sp³-hybridized carbons (Fsp3) is 0.393. The van der Waals surface area contributed by atoms with Gasteiger partial charge in [0.05, 0.1) is 23.0 Å². The van der Waals surface area contributed by atoms with E-state index in [4.69, 9.17) is 21.4 Å². The van der Waals surface area contributed by atoms with Gasteiger partial charge in [-0.1, -0.05) is 56.6 Å². The molecule has 10 nitrogen and oxygen atoms in total. The van der Waals surface area contributed by atoms with Crippen molar-refractivity contribution in [2.24, 2.45) is 5.41 Å². The van der Waals surface area contributed by atoms with Crippen molar-refractivity contribution in [3.63, 3.8) is 0 Å². The minimum Gasteiger partial charge on any atom is -0.481 e. The molecular weight excluding hydrogens is 526 g/mol. The second kappa shape index (κ2) is 12.8. The summed E-state index contributed by atoms with van der Waals surface area (Å²) in [7, 11) is 0. The molecule has 1 heterocycles. The second-order valence-electron chi connectivity index (χ2n) is 10.3. The van der Waals surface area contributed by atoms with Crippen molar-refractivity contribution in [1.82, 2.24) is 15.5 Å². The Balaban J connectivity index is 1.79. The molecule has 3 amide bonds. The van der Waals surface area contributed by atoms with Crippen LogP contribution in [0.4, 0.5) is 0 Å². The lowest BCUT2D eigenvalue weighted by Crippen LogP contribution is -2.58. The summed E-state index contributed by atoms with van der Waals surface area (Å²) in [4.78, 5) is 63.5. The lowest BCUT2D eigenvalue weighted by Gasteiger charge is -2.35. The maximum atomic E-state index is 13.7. The molecule has 39 heavy (non-hydrogen) atoms. The average molecular weight is 558 g/mol. The normalized spacial score (nSPS) is 16.6. The molecule has 1 saturated heterocycles. The first-order valence-electron chi connectivity index (χ1n) is 12.5. The molecule has 2 aromatic carbocycles. The number of nitrogens with zero attached hydrogens (tertiary/aromatic N) is 1. The molecule has 0 bridgehead atoms. The SMILES string of the molecule is CC(C)(C)[C@H](NC(=O)c1cccc(Oc2ccccc2)c1Cl)C(=O)N1CCC[C@H]1C(=O)N[C@H](C=O)CC(=O)O. The fourth-order valence-corrected chi connectivity index (χ4v) is 4.56. The van der Waals surface area contributed by atoms with Crippen LogP contribution in [0.1, 0.15) is 50.4 Å². The first kappa shape index (κ1) is 29.6. The molecule has 0 saturated carbocycles. The molecule has 1 aliphatic rings. The van der Waals surface area contributed by atoms with Gasteiger partial charge in [-0.05, 0) is 42.5 Å². The maximum absolute atomic E-state index is 13.7. The van der Waals surface area contributed by atoms with Gasteiger partial charge in [-0.3, -0.25) is 19.2 Å². The zero-order valence-electron chi connectivity index (χ0n) is 22.0. The largest absolute Gasteiger partial charge is 0.481 e. The number of aldehydes is 1. The zero-order chi connectivity index (χ0) is 28.7. The lowest BCUT2D eigenvalue weighted by molar-refractivity contribution is -0.143. The van der Waals surface area contributed by atoms with E-state index in [-0.39, 0.29) is 22.9 Å². The third-order valence-corrected chi connectivity index (χ3v) is 6.68. The summed E-state index contributed by atoms with van der Waals surface area (Å²) in [5, 5.41) is 14.2. The standard InChI is InChI=1S/C28H32ClN3O7/c1-28(2,3)24(27(38)32-14-8-12-20(32)26(37)30-17(16-33)15-22(34)35)31-25(36)19-11-7-13-21(23(19)29)39-18-9-5-4-6-10-18/h4-7,9-11,13,16-17,20,24H,8,12,14-15H2,1-3H3,(H,30,37)(H,31,36)(H,34,35)/t17-,20-,24+/m0/s1. The number of ether oxygens (including phenoxy) is 1. The Morgan fingerprint density at radius 3 is 2.41 bits per heavy atom. The molecule has 0 unspecified atom stereocenters. The molecule has 1 aliphatic heterocycles. The summed E-state index contributed by atoms with van der Waals surface area (Å²) in [6.45, 7) is 5.62. The topological polar surface area (TPSA) is 142 Å². The number of nitrogens with one attached hydrogen (secondary N) is 2. The Hall–Kier alpha value is -3.92. The summed E-state index contributed by atoms with van der Waals surface area (Å²) in [6, 6.07) is 10.6. The number of amides is 3. The van der Waals surface area contributed by atoms with Crippen LogP contribution in [0.25, 0.3) is 0 Å². The van der Waals surface area contributed by atoms with Gasteiger partial charge in [0.2, 0.25) is 11.8 Å². The van der Waals surface area contributed by atoms with Gasteiger partial charge < -0.3 is 30.2 Å². The van der Waals surface area contributed by atoms with Crippen LogP contribution in [-0.4, -0.2) is 64.7 Å². The number of rotatable bonds is 10. The van der Waals surface area contributed by atoms with Crippen LogP contribution in [0.2, 0.25) is 5.02 Å². The Kier molecular flexibility index (Phi) is 9.69. The average Bonchev–Trinajstić information content (AvgIpc) is 3.37. The molecular formula is C28H32ClN3O7. The smallest absolute Gasteiger partial charge is 0.305 e. The van der Waals surface area contributed by atoms with Crippen LogP contribution >= 0.6 is 11.6 Å². The van der Waals surface area contributed by atoms with Crippen LogP contribution in [0.3, 0.4) is 0 Å². The van der Waals surface area contributed by atoms with E-state index in [2.05, 4.69) is 10.6 Å². The molecule has 3 atom stereocenters. The third-order valence-electron chi connectivity index (χ3n) is 6.29. The zero-order valence-corrected chi connectivity index (χ0v) is 22.7. The minimum absolute atomic E-state index is 0.0794. The number of carboxylic acid groups (broad SMARTS) is 1. The number of aliphatic carboxylic acids is 1. The van der Waals surface area contributed by atoms with Crippen LogP contribution in [-0.2, 0) is 19.2 Å². The first-order chi connectivity index (χ1) is 18.4. The molecule has 3 rings (SSSR count). The Bertz CT molecular complexity index is 1230. The van der Waals surface area contributed by atoms with Crippen molar-refractivity contribution in [2.45, 2.75) is 58.2 Å². The maximum Gasteiger partial charge on any atom is 0.305 e. The van der Waals surface area contributed by atoms with Gasteiger partial charge in [-0.15, -0.1) is 0 Å². The van der Waals surface area contributed by atoms with Gasteiger partial charge in [-0.25, -0.2) is 0 Å². The molecule has 208 valence electrons. The van der Waals surface area contributed by atoms with Crippen LogP contribution in [0, 0.1) is 5.41 Å². The van der Waals surface area contributed by atoms with Gasteiger partial charge >= 0.3 is 5.97 Å². The van der Waals surface area contributed by atoms with E-state index in [1.54, 1.807) is 57.2 Å². The van der Waals surface area contributed by atoms with Gasteiger partial charge in [0.25, 0.3) is 5.91 Å². The number of hydrogen-bond acceptors (Lipinski definition) is 6. The highest BCUT2D eigenvalue weighted by molar-refractivity contribution is 6.35. The van der Waals surface area contributed by atoms with Crippen LogP contribution < -0.4 is 15.4 Å². The number of carboxylic acids is 1. The number of benzene rings is 2. The van der Waals surface area contributed by atoms with Crippen molar-refractivity contribution < 1.29 is 33.8 Å². The number of carbonyl (C=O) groups is 5. The Morgan fingerprint density at radius 2 is 1.79 bits per heavy atom. The predicted octanol–water partition coefficient (Wildman–Crippen LogP) is 3.43. The summed E-state index contributed by atoms with van der Waals surface area (Å²) < 4.78 is 5.81. The van der Waals surface area contributed by atoms with Gasteiger partial charge in [0.1, 0.15) is 29.9 Å². The summed E-state index contributed by atoms with van der Waals surface area (Å²) in [5.41, 5.74) is -0.624. The van der Waals surface area contributed by atoms with E-state index in [0.717, 1.165) is 0 Å². The highest BCUT2D eigenvalue weighted by atomic mass is 35.5. The molecule has 1 fully saturated rings. The molecule has 0 radical (unpaired) electrons. The molecule has 2 aromatic rings. The third kappa shape index (κ3) is 7.57. The number of carbonyl (C=O) groups excluding carboxylic acids is 4. The fourth-order valence-electron chi connectivity index (χ4n) is 4.31. The molecule has 11 heteroatoms. The van der Waals surface area contributed by atoms with E-state index < -0.39 is 53.7 Å². The van der Waals surface area contributed by atoms with E-state index in [0.29, 0.717) is 24.9 Å². The Morgan fingerprint density at radius 1 is 1.10 bits per heavy atom. The van der Waals surface area contributed by atoms with Crippen molar-refractivity contribution in [3.05, 3.63) is 59.1 Å². The van der Waals surface area contributed by atoms with E-state index in [9.17, 15) is 24.0 Å². The lowest BCUT2D eigenvalue weighted by atomic mass is 9.85. The number of halogens is 1. The van der Waals surface area contributed by atoms with Crippen molar-refractivity contribution in [1.29, 1.82) is 0 Å². The number of hydrogen-bond donors (Lipinski definition) is 3. The predicted molar refractivity (Wildman–Crippen MR) is 144 cm³/mol. The monoisotopic (exact) mass is 557 g/mol. The van der Waals surface area contributed by atoms with Gasteiger partial charge in [0.15, 0.2) is 0 Å². The highest BCUT2D eigenvalue weighted by Gasteiger charge is 2.42. The summed E-state index contributed by atoms with van der Waals surface area (Å²) in [6.07, 6.45) is 0.658. The van der Waals surface area contributed by atoms with Crippen molar-refractivity contribution >= 4 is 41.6 Å². The van der Waals surface area contributed by atoms with Gasteiger partial charge in [0, 0.05) is 6.54 Å². The van der Waals surface area contributed by atoms with E-state index in [1.807, 2.05) is 6.07 Å². The molecule has 0 aromatic heterocycles. The van der Waals surface area contributed by atoms with E-state index >= 15 is 0 Å².